The van der Waals surface area contributed by atoms with Crippen LogP contribution in [0.15, 0.2) is 49.1 Å². The fourth-order valence-electron chi connectivity index (χ4n) is 11.3. The molecule has 344 valence electrons. The van der Waals surface area contributed by atoms with Gasteiger partial charge in [0.25, 0.3) is 0 Å². The number of fused-ring (bicyclic) bond motifs is 5. The first-order valence-electron chi connectivity index (χ1n) is 23.8. The fourth-order valence-corrected chi connectivity index (χ4v) is 12.7. The summed E-state index contributed by atoms with van der Waals surface area (Å²) < 4.78 is 47.8. The van der Waals surface area contributed by atoms with Gasteiger partial charge in [-0.05, 0) is 107 Å². The Bertz CT molecular complexity index is 2310. The lowest BCUT2D eigenvalue weighted by Gasteiger charge is -2.31. The van der Waals surface area contributed by atoms with Crippen LogP contribution in [-0.4, -0.2) is 102 Å². The zero-order chi connectivity index (χ0) is 44.6. The highest BCUT2D eigenvalue weighted by Crippen LogP contribution is 2.57. The lowest BCUT2D eigenvalue weighted by molar-refractivity contribution is -0.156. The van der Waals surface area contributed by atoms with Gasteiger partial charge in [-0.15, -0.1) is 6.58 Å². The number of esters is 1. The molecule has 4 heterocycles. The highest BCUT2D eigenvalue weighted by atomic mass is 32.2. The van der Waals surface area contributed by atoms with Gasteiger partial charge in [0.1, 0.15) is 24.6 Å². The number of hydrogen-bond donors (Lipinski definition) is 1. The molecule has 15 heteroatoms. The molecule has 3 aliphatic heterocycles. The summed E-state index contributed by atoms with van der Waals surface area (Å²) in [6, 6.07) is 6.66. The second-order valence-corrected chi connectivity index (χ2v) is 21.4. The molecule has 1 aromatic heterocycles. The summed E-state index contributed by atoms with van der Waals surface area (Å²) in [6.07, 6.45) is 15.4. The number of aromatic nitrogens is 1. The van der Waals surface area contributed by atoms with Gasteiger partial charge >= 0.3 is 5.97 Å². The molecule has 14 nitrogen and oxygen atoms in total. The van der Waals surface area contributed by atoms with Crippen LogP contribution in [0.2, 0.25) is 0 Å². The molecule has 0 spiro atoms. The number of amides is 3. The Labute approximate surface area is 375 Å². The summed E-state index contributed by atoms with van der Waals surface area (Å²) in [4.78, 5) is 78.6. The SMILES string of the molecule is C=CC1C[C@]1(CC(=O)[C@@H]1C[C@@H]2CN1C(=O)[C@H](C1CCCC1)CC(=O)O[C@@H]1CCC[C@H]1CC/C=C/Cc1c(nc3ccccc3c1OCCN1CCCC1=O)O2)C(=O)NS(=O)(=O)C1CC1. The van der Waals surface area contributed by atoms with Crippen molar-refractivity contribution in [2.75, 3.05) is 26.2 Å². The van der Waals surface area contributed by atoms with Gasteiger partial charge in [-0.25, -0.2) is 13.4 Å². The van der Waals surface area contributed by atoms with Gasteiger partial charge in [-0.1, -0.05) is 43.2 Å². The average molecular weight is 899 g/mol. The number of likely N-dealkylation sites (tertiary alicyclic amines) is 1. The molecule has 4 aliphatic carbocycles. The Balaban J connectivity index is 1.07. The quantitative estimate of drug-likeness (QED) is 0.191. The van der Waals surface area contributed by atoms with E-state index in [9.17, 15) is 27.6 Å². The molecule has 2 aromatic rings. The Morgan fingerprint density at radius 1 is 0.969 bits per heavy atom. The summed E-state index contributed by atoms with van der Waals surface area (Å²) in [7, 11) is -3.88. The summed E-state index contributed by atoms with van der Waals surface area (Å²) >= 11 is 0. The van der Waals surface area contributed by atoms with Crippen molar-refractivity contribution in [1.82, 2.24) is 19.5 Å². The Morgan fingerprint density at radius 3 is 2.52 bits per heavy atom. The fraction of sp³-hybridized carbons (Fsp3) is 0.633. The highest BCUT2D eigenvalue weighted by molar-refractivity contribution is 7.90. The number of hydrogen-bond acceptors (Lipinski definition) is 11. The first kappa shape index (κ1) is 44.4. The van der Waals surface area contributed by atoms with Gasteiger partial charge in [-0.2, -0.15) is 0 Å². The van der Waals surface area contributed by atoms with E-state index in [1.54, 1.807) is 11.0 Å². The van der Waals surface area contributed by atoms with Gasteiger partial charge in [0.2, 0.25) is 33.6 Å². The highest BCUT2D eigenvalue weighted by Gasteiger charge is 2.61. The molecular weight excluding hydrogens is 837 g/mol. The minimum atomic E-state index is -3.88. The van der Waals surface area contributed by atoms with E-state index in [0.717, 1.165) is 69.6 Å². The Kier molecular flexibility index (Phi) is 12.9. The third-order valence-electron chi connectivity index (χ3n) is 15.2. The van der Waals surface area contributed by atoms with Gasteiger partial charge in [0.15, 0.2) is 5.78 Å². The monoisotopic (exact) mass is 898 g/mol. The lowest BCUT2D eigenvalue weighted by Crippen LogP contribution is -2.47. The van der Waals surface area contributed by atoms with Crippen LogP contribution in [0, 0.1) is 29.1 Å². The maximum Gasteiger partial charge on any atom is 0.306 e. The number of pyridine rings is 1. The van der Waals surface area contributed by atoms with Crippen molar-refractivity contribution in [3.63, 3.8) is 0 Å². The molecule has 2 bridgehead atoms. The standard InChI is InChI=1S/C49H62N4O10S/c1-2-33-28-49(33,48(58)51-64(59,60)35-21-22-35)29-41(54)40-26-34-30-53(40)47(57)38(31-12-6-7-13-31)27-44(56)63-42-19-10-15-32(42)14-4-3-5-17-37-45(61-25-24-52-23-11-20-43(52)55)36-16-8-9-18-39(36)50-46(37)62-34/h2-3,5,8-9,16,18,31-35,38,40,42H,1,4,6-7,10-15,17,19-30H2,(H,51,58)/b5-3+/t32-,33?,34-,38+,40+,42-,49-/m1/s1. The van der Waals surface area contributed by atoms with Crippen LogP contribution < -0.4 is 14.2 Å². The number of para-hydroxylation sites is 1. The van der Waals surface area contributed by atoms with E-state index in [2.05, 4.69) is 23.5 Å². The molecule has 2 saturated heterocycles. The second-order valence-electron chi connectivity index (χ2n) is 19.4. The molecule has 4 saturated carbocycles. The third-order valence-corrected chi connectivity index (χ3v) is 17.0. The van der Waals surface area contributed by atoms with Crippen molar-refractivity contribution in [2.45, 2.75) is 139 Å². The number of ketones is 1. The molecule has 6 fully saturated rings. The summed E-state index contributed by atoms with van der Waals surface area (Å²) in [6.45, 7) is 5.33. The van der Waals surface area contributed by atoms with Crippen molar-refractivity contribution < 1.29 is 46.6 Å². The molecule has 0 radical (unpaired) electrons. The maximum absolute atomic E-state index is 15.2. The van der Waals surface area contributed by atoms with Crippen LogP contribution in [0.1, 0.15) is 115 Å². The predicted octanol–water partition coefficient (Wildman–Crippen LogP) is 6.15. The van der Waals surface area contributed by atoms with Gasteiger partial charge in [-0.3, -0.25) is 28.7 Å². The van der Waals surface area contributed by atoms with Gasteiger partial charge < -0.3 is 24.0 Å². The molecule has 1 aromatic carbocycles. The predicted molar refractivity (Wildman–Crippen MR) is 237 cm³/mol. The zero-order valence-corrected chi connectivity index (χ0v) is 37.6. The van der Waals surface area contributed by atoms with E-state index in [4.69, 9.17) is 19.2 Å². The van der Waals surface area contributed by atoms with E-state index >= 15 is 4.79 Å². The number of sulfonamides is 1. The van der Waals surface area contributed by atoms with Crippen LogP contribution in [0.3, 0.4) is 0 Å². The first-order chi connectivity index (χ1) is 30.9. The number of benzene rings is 1. The lowest BCUT2D eigenvalue weighted by atomic mass is 9.86. The molecule has 64 heavy (non-hydrogen) atoms. The third kappa shape index (κ3) is 9.33. The molecule has 9 rings (SSSR count). The smallest absolute Gasteiger partial charge is 0.306 e. The summed E-state index contributed by atoms with van der Waals surface area (Å²) in [5, 5.41) is 0.181. The van der Waals surface area contributed by atoms with Gasteiger partial charge in [0, 0.05) is 31.2 Å². The summed E-state index contributed by atoms with van der Waals surface area (Å²) in [5.74, 6) is -1.71. The largest absolute Gasteiger partial charge is 0.491 e. The second kappa shape index (κ2) is 18.6. The Morgan fingerprint density at radius 2 is 1.77 bits per heavy atom. The zero-order valence-electron chi connectivity index (χ0n) is 36.8. The number of Topliss-reactive ketones (excluding diaryl/α,β-unsaturated/α-hetero) is 1. The molecule has 1 unspecified atom stereocenters. The molecule has 7 atom stereocenters. The van der Waals surface area contributed by atoms with E-state index in [1.807, 2.05) is 29.2 Å². The maximum atomic E-state index is 15.2. The number of nitrogens with one attached hydrogen (secondary N) is 1. The number of allylic oxidation sites excluding steroid dienone is 3. The van der Waals surface area contributed by atoms with Gasteiger partial charge in [0.05, 0.1) is 53.2 Å². The van der Waals surface area contributed by atoms with E-state index < -0.39 is 50.6 Å². The number of ether oxygens (including phenoxy) is 3. The number of rotatable bonds is 12. The number of carbonyl (C=O) groups excluding carboxylic acids is 5. The molecular formula is C49H62N4O10S. The first-order valence-corrected chi connectivity index (χ1v) is 25.3. The van der Waals surface area contributed by atoms with E-state index in [1.165, 1.54) is 0 Å². The molecule has 1 N–H and O–H groups in total. The van der Waals surface area contributed by atoms with Crippen LogP contribution in [0.5, 0.6) is 11.6 Å². The minimum Gasteiger partial charge on any atom is -0.491 e. The van der Waals surface area contributed by atoms with Crippen LogP contribution in [0.25, 0.3) is 10.9 Å². The minimum absolute atomic E-state index is 0.0371. The molecule has 7 aliphatic rings. The van der Waals surface area contributed by atoms with Crippen molar-refractivity contribution in [3.05, 3.63) is 54.6 Å². The van der Waals surface area contributed by atoms with Crippen molar-refractivity contribution >= 4 is 50.4 Å². The Hall–Kier alpha value is -4.79. The number of carbonyl (C=O) groups is 5. The molecule has 3 amide bonds. The summed E-state index contributed by atoms with van der Waals surface area (Å²) in [5.41, 5.74) is 0.0502. The van der Waals surface area contributed by atoms with Crippen LogP contribution in [0.4, 0.5) is 0 Å². The average Bonchev–Trinajstić information content (AvgIpc) is 3.94. The van der Waals surface area contributed by atoms with Crippen molar-refractivity contribution in [3.8, 4) is 11.6 Å². The normalized spacial score (nSPS) is 30.8. The van der Waals surface area contributed by atoms with Crippen molar-refractivity contribution in [2.24, 2.45) is 29.1 Å². The van der Waals surface area contributed by atoms with E-state index in [0.29, 0.717) is 61.5 Å². The number of nitrogens with zero attached hydrogens (tertiary/aromatic N) is 3. The van der Waals surface area contributed by atoms with Crippen molar-refractivity contribution in [1.29, 1.82) is 0 Å². The topological polar surface area (TPSA) is 179 Å². The van der Waals surface area contributed by atoms with Crippen LogP contribution in [-0.2, 0) is 45.2 Å². The van der Waals surface area contributed by atoms with E-state index in [-0.39, 0.29) is 80.3 Å². The van der Waals surface area contributed by atoms with Crippen LogP contribution >= 0.6 is 0 Å².